The Morgan fingerprint density at radius 1 is 1.38 bits per heavy atom. The van der Waals surface area contributed by atoms with E-state index in [1.807, 2.05) is 6.07 Å². The van der Waals surface area contributed by atoms with Crippen LogP contribution in [0.3, 0.4) is 0 Å². The van der Waals surface area contributed by atoms with Gasteiger partial charge < -0.3 is 10.7 Å². The number of nitriles is 1. The van der Waals surface area contributed by atoms with Crippen molar-refractivity contribution >= 4 is 5.69 Å². The Morgan fingerprint density at radius 2 is 2.19 bits per heavy atom. The van der Waals surface area contributed by atoms with Crippen LogP contribution in [0, 0.1) is 17.4 Å². The topological polar surface area (TPSA) is 75.6 Å². The van der Waals surface area contributed by atoms with E-state index >= 15 is 0 Å². The van der Waals surface area contributed by atoms with E-state index in [4.69, 9.17) is 11.0 Å². The molecule has 0 unspecified atom stereocenters. The number of hydrogen-bond acceptors (Lipinski definition) is 4. The molecule has 0 bridgehead atoms. The number of pyridine rings is 2. The Labute approximate surface area is 118 Å². The number of nitrogens with zero attached hydrogens (tertiary/aromatic N) is 3. The maximum atomic E-state index is 8.69. The molecular formula is C11H7N4Y-. The van der Waals surface area contributed by atoms with Crippen molar-refractivity contribution in [3.63, 3.8) is 0 Å². The van der Waals surface area contributed by atoms with Crippen molar-refractivity contribution in [3.8, 4) is 17.3 Å². The van der Waals surface area contributed by atoms with E-state index in [0.717, 1.165) is 11.3 Å². The maximum absolute atomic E-state index is 8.69. The molecule has 2 aromatic heterocycles. The molecule has 5 heteroatoms. The van der Waals surface area contributed by atoms with E-state index in [1.54, 1.807) is 24.4 Å². The third kappa shape index (κ3) is 2.85. The van der Waals surface area contributed by atoms with E-state index in [0.29, 0.717) is 11.4 Å². The fourth-order valence-corrected chi connectivity index (χ4v) is 1.17. The molecule has 0 saturated carbocycles. The molecule has 16 heavy (non-hydrogen) atoms. The molecule has 0 aliphatic heterocycles. The molecule has 0 aromatic carbocycles. The fraction of sp³-hybridized carbons (Fsp3) is 0. The molecule has 0 aliphatic rings. The van der Waals surface area contributed by atoms with Gasteiger partial charge in [0.25, 0.3) is 0 Å². The van der Waals surface area contributed by atoms with Gasteiger partial charge in [-0.05, 0) is 17.8 Å². The number of rotatable bonds is 1. The van der Waals surface area contributed by atoms with E-state index < -0.39 is 0 Å². The molecule has 2 N–H and O–H groups in total. The second kappa shape index (κ2) is 5.69. The van der Waals surface area contributed by atoms with Crippen LogP contribution in [-0.2, 0) is 32.7 Å². The Hall–Kier alpha value is -1.31. The van der Waals surface area contributed by atoms with Crippen molar-refractivity contribution in [2.24, 2.45) is 0 Å². The van der Waals surface area contributed by atoms with Gasteiger partial charge >= 0.3 is 0 Å². The Bertz CT molecular complexity index is 516. The van der Waals surface area contributed by atoms with Crippen molar-refractivity contribution in [2.75, 3.05) is 5.73 Å². The third-order valence-corrected chi connectivity index (χ3v) is 1.89. The van der Waals surface area contributed by atoms with Gasteiger partial charge in [-0.2, -0.15) is 11.3 Å². The largest absolute Gasteiger partial charge is 0.418 e. The minimum Gasteiger partial charge on any atom is -0.418 e. The molecule has 0 aliphatic carbocycles. The Balaban J connectivity index is 0.00000128. The van der Waals surface area contributed by atoms with Crippen molar-refractivity contribution in [3.05, 3.63) is 42.4 Å². The number of nitrogen functional groups attached to an aromatic ring is 1. The molecule has 2 heterocycles. The van der Waals surface area contributed by atoms with Gasteiger partial charge in [0.2, 0.25) is 0 Å². The van der Waals surface area contributed by atoms with Gasteiger partial charge in [-0.3, -0.25) is 0 Å². The van der Waals surface area contributed by atoms with E-state index in [-0.39, 0.29) is 32.7 Å². The monoisotopic (exact) mass is 284 g/mol. The van der Waals surface area contributed by atoms with Crippen LogP contribution in [-0.4, -0.2) is 9.97 Å². The van der Waals surface area contributed by atoms with Crippen LogP contribution < -0.4 is 5.73 Å². The van der Waals surface area contributed by atoms with Crippen LogP contribution >= 0.6 is 0 Å². The molecule has 0 atom stereocenters. The summed E-state index contributed by atoms with van der Waals surface area (Å²) in [6.45, 7) is 0. The van der Waals surface area contributed by atoms with Crippen molar-refractivity contribution < 1.29 is 32.7 Å². The second-order valence-electron chi connectivity index (χ2n) is 2.93. The molecule has 75 valence electrons. The molecule has 4 nitrogen and oxygen atoms in total. The molecule has 0 fully saturated rings. The van der Waals surface area contributed by atoms with Crippen LogP contribution in [0.1, 0.15) is 5.69 Å². The van der Waals surface area contributed by atoms with Gasteiger partial charge in [-0.1, -0.05) is 17.4 Å². The number of aromatic nitrogens is 2. The summed E-state index contributed by atoms with van der Waals surface area (Å²) < 4.78 is 0. The standard InChI is InChI=1S/C11H7N4.Y/c12-6-10-5-8(3-4-14-10)11-2-1-9(13)7-15-11;/h2-5,7H,13H2;/q-1;. The zero-order valence-electron chi connectivity index (χ0n) is 8.38. The van der Waals surface area contributed by atoms with E-state index in [9.17, 15) is 0 Å². The van der Waals surface area contributed by atoms with Crippen LogP contribution in [0.25, 0.3) is 11.3 Å². The van der Waals surface area contributed by atoms with Crippen molar-refractivity contribution in [2.45, 2.75) is 0 Å². The third-order valence-electron chi connectivity index (χ3n) is 1.89. The Kier molecular flexibility index (Phi) is 4.54. The molecule has 0 saturated heterocycles. The maximum Gasteiger partial charge on any atom is 0.140 e. The quantitative estimate of drug-likeness (QED) is 0.803. The van der Waals surface area contributed by atoms with Gasteiger partial charge in [-0.15, -0.1) is 6.07 Å². The first kappa shape index (κ1) is 12.8. The molecule has 2 rings (SSSR count). The summed E-state index contributed by atoms with van der Waals surface area (Å²) in [7, 11) is 0. The number of anilines is 1. The summed E-state index contributed by atoms with van der Waals surface area (Å²) in [6, 6.07) is 9.97. The van der Waals surface area contributed by atoms with E-state index in [2.05, 4.69) is 16.0 Å². The molecule has 2 aromatic rings. The van der Waals surface area contributed by atoms with Gasteiger partial charge in [0.05, 0.1) is 0 Å². The smallest absolute Gasteiger partial charge is 0.140 e. The van der Waals surface area contributed by atoms with Gasteiger partial charge in [0.1, 0.15) is 11.8 Å². The normalized spacial score (nSPS) is 8.94. The summed E-state index contributed by atoms with van der Waals surface area (Å²) in [5.74, 6) is 0. The number of hydrogen-bond donors (Lipinski definition) is 1. The zero-order chi connectivity index (χ0) is 10.7. The fourth-order valence-electron chi connectivity index (χ4n) is 1.17. The number of nitrogens with two attached hydrogens (primary N) is 1. The predicted octanol–water partition coefficient (Wildman–Crippen LogP) is 1.40. The molecule has 0 amide bonds. The minimum absolute atomic E-state index is 0. The average Bonchev–Trinajstić information content (AvgIpc) is 2.30. The van der Waals surface area contributed by atoms with Crippen LogP contribution in [0.4, 0.5) is 5.69 Å². The van der Waals surface area contributed by atoms with E-state index in [1.165, 1.54) is 6.20 Å². The summed E-state index contributed by atoms with van der Waals surface area (Å²) in [6.07, 6.45) is 3.10. The molecule has 1 radical (unpaired) electrons. The predicted molar refractivity (Wildman–Crippen MR) is 55.4 cm³/mol. The first-order valence-electron chi connectivity index (χ1n) is 4.29. The molecule has 0 spiro atoms. The first-order valence-corrected chi connectivity index (χ1v) is 4.29. The minimum atomic E-state index is 0. The van der Waals surface area contributed by atoms with Crippen LogP contribution in [0.15, 0.2) is 30.6 Å². The molecular weight excluding hydrogens is 277 g/mol. The van der Waals surface area contributed by atoms with Crippen molar-refractivity contribution in [1.82, 2.24) is 9.97 Å². The van der Waals surface area contributed by atoms with Gasteiger partial charge in [0.15, 0.2) is 0 Å². The van der Waals surface area contributed by atoms with Gasteiger partial charge in [0, 0.05) is 38.9 Å². The van der Waals surface area contributed by atoms with Gasteiger partial charge in [-0.25, -0.2) is 4.98 Å². The SMILES string of the molecule is N#Cc1cc(-c2c[c-]c(N)cn2)ccn1.[Y]. The van der Waals surface area contributed by atoms with Crippen LogP contribution in [0.2, 0.25) is 0 Å². The summed E-state index contributed by atoms with van der Waals surface area (Å²) in [5, 5.41) is 8.69. The zero-order valence-corrected chi connectivity index (χ0v) is 11.2. The van der Waals surface area contributed by atoms with Crippen LogP contribution in [0.5, 0.6) is 0 Å². The van der Waals surface area contributed by atoms with Crippen molar-refractivity contribution in [1.29, 1.82) is 5.26 Å². The second-order valence-corrected chi connectivity index (χ2v) is 2.93. The summed E-state index contributed by atoms with van der Waals surface area (Å²) in [4.78, 5) is 8.01. The average molecular weight is 284 g/mol. The first-order chi connectivity index (χ1) is 7.29. The summed E-state index contributed by atoms with van der Waals surface area (Å²) in [5.41, 5.74) is 7.90. The Morgan fingerprint density at radius 3 is 2.81 bits per heavy atom. The summed E-state index contributed by atoms with van der Waals surface area (Å²) >= 11 is 0.